The summed E-state index contributed by atoms with van der Waals surface area (Å²) >= 11 is 0. The van der Waals surface area contributed by atoms with E-state index in [1.165, 1.54) is 0 Å². The molecule has 0 atom stereocenters. The highest BCUT2D eigenvalue weighted by Gasteiger charge is 2.53. The summed E-state index contributed by atoms with van der Waals surface area (Å²) in [5.74, 6) is 2.19. The van der Waals surface area contributed by atoms with Crippen LogP contribution in [0.15, 0.2) is 9.52 Å². The van der Waals surface area contributed by atoms with Crippen LogP contribution in [0.4, 0.5) is 0 Å². The Kier molecular flexibility index (Phi) is 4.48. The summed E-state index contributed by atoms with van der Waals surface area (Å²) in [6, 6.07) is 0. The van der Waals surface area contributed by atoms with E-state index >= 15 is 0 Å². The molecule has 0 saturated carbocycles. The molecular formula is C17H31N5O. The molecule has 1 N–H and O–H groups in total. The van der Waals surface area contributed by atoms with Crippen molar-refractivity contribution in [1.29, 1.82) is 0 Å². The second-order valence-corrected chi connectivity index (χ2v) is 8.46. The van der Waals surface area contributed by atoms with Gasteiger partial charge in [-0.15, -0.1) is 0 Å². The molecule has 2 heterocycles. The first kappa shape index (κ1) is 17.8. The third kappa shape index (κ3) is 3.35. The lowest BCUT2D eigenvalue weighted by atomic mass is 9.65. The molecule has 1 aromatic heterocycles. The zero-order chi connectivity index (χ0) is 17.5. The SMILES string of the molecule is CCNC(=NCc1noc(C(C)(C)C)n1)N1CC(C)(C)C1(C)C. The quantitative estimate of drug-likeness (QED) is 0.685. The van der Waals surface area contributed by atoms with Crippen LogP contribution in [-0.4, -0.2) is 39.6 Å². The molecule has 0 bridgehead atoms. The number of likely N-dealkylation sites (tertiary alicyclic amines) is 1. The van der Waals surface area contributed by atoms with Gasteiger partial charge in [0.05, 0.1) is 0 Å². The van der Waals surface area contributed by atoms with Crippen molar-refractivity contribution in [1.82, 2.24) is 20.4 Å². The second-order valence-electron chi connectivity index (χ2n) is 8.46. The van der Waals surface area contributed by atoms with Crippen LogP contribution in [-0.2, 0) is 12.0 Å². The number of hydrogen-bond acceptors (Lipinski definition) is 4. The number of hydrogen-bond donors (Lipinski definition) is 1. The van der Waals surface area contributed by atoms with Crippen LogP contribution in [0.1, 0.15) is 67.1 Å². The molecule has 1 fully saturated rings. The molecule has 23 heavy (non-hydrogen) atoms. The Labute approximate surface area is 139 Å². The van der Waals surface area contributed by atoms with Crippen LogP contribution in [0, 0.1) is 5.41 Å². The molecular weight excluding hydrogens is 290 g/mol. The van der Waals surface area contributed by atoms with Crippen molar-refractivity contribution in [2.24, 2.45) is 10.4 Å². The predicted octanol–water partition coefficient (Wildman–Crippen LogP) is 2.95. The highest BCUT2D eigenvalue weighted by Crippen LogP contribution is 2.46. The van der Waals surface area contributed by atoms with Gasteiger partial charge in [0, 0.05) is 29.5 Å². The fourth-order valence-corrected chi connectivity index (χ4v) is 2.56. The summed E-state index contributed by atoms with van der Waals surface area (Å²) < 4.78 is 5.33. The molecule has 0 spiro atoms. The van der Waals surface area contributed by atoms with Gasteiger partial charge in [0.25, 0.3) is 0 Å². The zero-order valence-corrected chi connectivity index (χ0v) is 15.8. The summed E-state index contributed by atoms with van der Waals surface area (Å²) in [7, 11) is 0. The molecule has 0 aliphatic carbocycles. The molecule has 6 heteroatoms. The molecule has 0 aromatic carbocycles. The van der Waals surface area contributed by atoms with Crippen molar-refractivity contribution in [3.63, 3.8) is 0 Å². The van der Waals surface area contributed by atoms with Crippen LogP contribution in [0.25, 0.3) is 0 Å². The van der Waals surface area contributed by atoms with Crippen molar-refractivity contribution < 1.29 is 4.52 Å². The summed E-state index contributed by atoms with van der Waals surface area (Å²) in [6.45, 7) is 19.6. The number of nitrogens with one attached hydrogen (secondary N) is 1. The first-order valence-electron chi connectivity index (χ1n) is 8.38. The van der Waals surface area contributed by atoms with Crippen LogP contribution in [0.2, 0.25) is 0 Å². The Morgan fingerprint density at radius 1 is 1.30 bits per heavy atom. The number of guanidine groups is 1. The lowest BCUT2D eigenvalue weighted by Crippen LogP contribution is -2.72. The second kappa shape index (κ2) is 5.80. The average molecular weight is 321 g/mol. The average Bonchev–Trinajstić information content (AvgIpc) is 2.90. The van der Waals surface area contributed by atoms with Gasteiger partial charge in [-0.3, -0.25) is 0 Å². The smallest absolute Gasteiger partial charge is 0.232 e. The highest BCUT2D eigenvalue weighted by molar-refractivity contribution is 5.82. The largest absolute Gasteiger partial charge is 0.356 e. The van der Waals surface area contributed by atoms with E-state index in [1.54, 1.807) is 0 Å². The van der Waals surface area contributed by atoms with E-state index in [1.807, 2.05) is 0 Å². The molecule has 0 unspecified atom stereocenters. The fourth-order valence-electron chi connectivity index (χ4n) is 2.56. The Bertz CT molecular complexity index is 580. The minimum atomic E-state index is -0.136. The maximum Gasteiger partial charge on any atom is 0.232 e. The molecule has 1 aliphatic rings. The van der Waals surface area contributed by atoms with E-state index in [-0.39, 0.29) is 16.4 Å². The van der Waals surface area contributed by atoms with Gasteiger partial charge in [0.15, 0.2) is 11.8 Å². The Balaban J connectivity index is 2.13. The van der Waals surface area contributed by atoms with Crippen molar-refractivity contribution in [2.75, 3.05) is 13.1 Å². The number of aliphatic imine (C=N–C) groups is 1. The Hall–Kier alpha value is -1.59. The van der Waals surface area contributed by atoms with Crippen LogP contribution >= 0.6 is 0 Å². The number of rotatable bonds is 3. The molecule has 1 aliphatic heterocycles. The molecule has 0 amide bonds. The summed E-state index contributed by atoms with van der Waals surface area (Å²) in [5, 5.41) is 7.42. The van der Waals surface area contributed by atoms with Gasteiger partial charge in [-0.25, -0.2) is 4.99 Å². The van der Waals surface area contributed by atoms with Crippen LogP contribution in [0.3, 0.4) is 0 Å². The van der Waals surface area contributed by atoms with Crippen molar-refractivity contribution >= 4 is 5.96 Å². The Morgan fingerprint density at radius 3 is 2.39 bits per heavy atom. The van der Waals surface area contributed by atoms with Crippen molar-refractivity contribution in [3.8, 4) is 0 Å². The minimum absolute atomic E-state index is 0.0713. The van der Waals surface area contributed by atoms with Crippen LogP contribution < -0.4 is 5.32 Å². The first-order valence-corrected chi connectivity index (χ1v) is 8.38. The third-order valence-electron chi connectivity index (χ3n) is 4.95. The molecule has 1 aromatic rings. The first-order chi connectivity index (χ1) is 10.5. The van der Waals surface area contributed by atoms with Gasteiger partial charge in [-0.1, -0.05) is 39.8 Å². The summed E-state index contributed by atoms with van der Waals surface area (Å²) in [5.41, 5.74) is 0.208. The fraction of sp³-hybridized carbons (Fsp3) is 0.824. The van der Waals surface area contributed by atoms with E-state index in [0.717, 1.165) is 19.0 Å². The molecule has 6 nitrogen and oxygen atoms in total. The minimum Gasteiger partial charge on any atom is -0.356 e. The lowest BCUT2D eigenvalue weighted by Gasteiger charge is -2.62. The number of aromatic nitrogens is 2. The highest BCUT2D eigenvalue weighted by atomic mass is 16.5. The zero-order valence-electron chi connectivity index (χ0n) is 15.8. The van der Waals surface area contributed by atoms with Crippen molar-refractivity contribution in [3.05, 3.63) is 11.7 Å². The third-order valence-corrected chi connectivity index (χ3v) is 4.95. The van der Waals surface area contributed by atoms with E-state index < -0.39 is 0 Å². The predicted molar refractivity (Wildman–Crippen MR) is 92.4 cm³/mol. The van der Waals surface area contributed by atoms with Gasteiger partial charge < -0.3 is 14.7 Å². The normalized spacial score (nSPS) is 20.3. The van der Waals surface area contributed by atoms with Gasteiger partial charge in [-0.05, 0) is 20.8 Å². The van der Waals surface area contributed by atoms with Crippen LogP contribution in [0.5, 0.6) is 0 Å². The molecule has 130 valence electrons. The van der Waals surface area contributed by atoms with E-state index in [0.29, 0.717) is 18.3 Å². The Morgan fingerprint density at radius 2 is 1.96 bits per heavy atom. The monoisotopic (exact) mass is 321 g/mol. The molecule has 0 radical (unpaired) electrons. The number of nitrogens with zero attached hydrogens (tertiary/aromatic N) is 4. The van der Waals surface area contributed by atoms with Crippen molar-refractivity contribution in [2.45, 2.75) is 72.9 Å². The van der Waals surface area contributed by atoms with E-state index in [2.05, 4.69) is 75.7 Å². The summed E-state index contributed by atoms with van der Waals surface area (Å²) in [6.07, 6.45) is 0. The van der Waals surface area contributed by atoms with Gasteiger partial charge in [0.2, 0.25) is 5.89 Å². The molecule has 2 rings (SSSR count). The maximum absolute atomic E-state index is 5.33. The standard InChI is InChI=1S/C17H31N5O/c1-9-18-14(22-11-16(5,6)17(22,7)8)19-10-12-20-13(23-21-12)15(2,3)4/h9-11H2,1-8H3,(H,18,19). The van der Waals surface area contributed by atoms with Gasteiger partial charge >= 0.3 is 0 Å². The lowest BCUT2D eigenvalue weighted by molar-refractivity contribution is -0.0668. The van der Waals surface area contributed by atoms with E-state index in [9.17, 15) is 0 Å². The maximum atomic E-state index is 5.33. The molecule has 1 saturated heterocycles. The van der Waals surface area contributed by atoms with E-state index in [4.69, 9.17) is 9.52 Å². The summed E-state index contributed by atoms with van der Waals surface area (Å²) in [4.78, 5) is 11.5. The van der Waals surface area contributed by atoms with Gasteiger partial charge in [-0.2, -0.15) is 4.98 Å². The topological polar surface area (TPSA) is 66.5 Å². The van der Waals surface area contributed by atoms with Gasteiger partial charge in [0.1, 0.15) is 6.54 Å².